The molecule has 2 rings (SSSR count). The minimum Gasteiger partial charge on any atom is -1.00 e. The van der Waals surface area contributed by atoms with E-state index in [9.17, 15) is 4.79 Å². The summed E-state index contributed by atoms with van der Waals surface area (Å²) in [6.07, 6.45) is 0. The number of carbonyl (C=O) groups is 1. The molecule has 4 nitrogen and oxygen atoms in total. The lowest BCUT2D eigenvalue weighted by Crippen LogP contribution is -3.00. The minimum atomic E-state index is -0.899. The molecule has 166 valence electrons. The van der Waals surface area contributed by atoms with Crippen molar-refractivity contribution in [3.63, 3.8) is 0 Å². The van der Waals surface area contributed by atoms with Crippen molar-refractivity contribution in [2.24, 2.45) is 0 Å². The summed E-state index contributed by atoms with van der Waals surface area (Å²) in [4.78, 5) is 13.6. The average molecular weight is 544 g/mol. The Morgan fingerprint density at radius 3 is 2.03 bits per heavy atom. The van der Waals surface area contributed by atoms with Crippen LogP contribution in [0.3, 0.4) is 0 Å². The molecule has 0 aliphatic carbocycles. The summed E-state index contributed by atoms with van der Waals surface area (Å²) >= 11 is 1.60. The molecule has 0 saturated heterocycles. The number of carbonyl (C=O) groups excluding carboxylic acids is 1. The molecule has 0 aromatic heterocycles. The Balaban J connectivity index is 0.00000450. The SMILES string of the molecule is CCSC(C(=O)OCC[N+](C)(CC)CC)(c1ccccc1)c1ccc(OC)cc1.[I-]. The fourth-order valence-electron chi connectivity index (χ4n) is 3.34. The molecule has 0 heterocycles. The zero-order valence-corrected chi connectivity index (χ0v) is 21.7. The van der Waals surface area contributed by atoms with E-state index < -0.39 is 4.75 Å². The van der Waals surface area contributed by atoms with E-state index in [0.717, 1.165) is 46.7 Å². The lowest BCUT2D eigenvalue weighted by molar-refractivity contribution is -0.906. The van der Waals surface area contributed by atoms with Crippen LogP contribution in [0.25, 0.3) is 0 Å². The summed E-state index contributed by atoms with van der Waals surface area (Å²) in [5.74, 6) is 1.34. The molecule has 0 saturated carbocycles. The molecule has 0 radical (unpaired) electrons. The molecule has 30 heavy (non-hydrogen) atoms. The molecule has 0 N–H and O–H groups in total. The summed E-state index contributed by atoms with van der Waals surface area (Å²) in [6.45, 7) is 9.66. The van der Waals surface area contributed by atoms with Crippen molar-refractivity contribution in [2.75, 3.05) is 46.2 Å². The van der Waals surface area contributed by atoms with E-state index in [1.807, 2.05) is 54.6 Å². The fraction of sp³-hybridized carbons (Fsp3) is 0.458. The van der Waals surface area contributed by atoms with Crippen LogP contribution < -0.4 is 28.7 Å². The molecule has 6 heteroatoms. The quantitative estimate of drug-likeness (QED) is 0.246. The molecular weight excluding hydrogens is 509 g/mol. The number of likely N-dealkylation sites (N-methyl/N-ethyl adjacent to an activating group) is 1. The summed E-state index contributed by atoms with van der Waals surface area (Å²) in [6, 6.07) is 17.7. The lowest BCUT2D eigenvalue weighted by Gasteiger charge is -2.34. The third kappa shape index (κ3) is 6.14. The molecule has 1 unspecified atom stereocenters. The second kappa shape index (κ2) is 12.6. The molecule has 2 aromatic carbocycles. The van der Waals surface area contributed by atoms with Crippen molar-refractivity contribution in [1.29, 1.82) is 0 Å². The van der Waals surface area contributed by atoms with Gasteiger partial charge in [-0.3, -0.25) is 0 Å². The molecule has 0 bridgehead atoms. The maximum absolute atomic E-state index is 13.6. The van der Waals surface area contributed by atoms with Crippen LogP contribution in [-0.2, 0) is 14.3 Å². The molecule has 0 amide bonds. The fourth-order valence-corrected chi connectivity index (χ4v) is 4.56. The van der Waals surface area contributed by atoms with Crippen LogP contribution in [0.4, 0.5) is 0 Å². The summed E-state index contributed by atoms with van der Waals surface area (Å²) in [5.41, 5.74) is 1.84. The second-order valence-electron chi connectivity index (χ2n) is 7.32. The van der Waals surface area contributed by atoms with Gasteiger partial charge in [0, 0.05) is 0 Å². The minimum absolute atomic E-state index is 0. The smallest absolute Gasteiger partial charge is 0.331 e. The predicted octanol–water partition coefficient (Wildman–Crippen LogP) is 1.73. The topological polar surface area (TPSA) is 35.5 Å². The number of ether oxygens (including phenoxy) is 2. The van der Waals surface area contributed by atoms with Crippen LogP contribution in [-0.4, -0.2) is 56.6 Å². The van der Waals surface area contributed by atoms with Gasteiger partial charge in [-0.1, -0.05) is 49.4 Å². The molecule has 0 aliphatic rings. The third-order valence-electron chi connectivity index (χ3n) is 5.72. The van der Waals surface area contributed by atoms with E-state index in [2.05, 4.69) is 27.8 Å². The average Bonchev–Trinajstić information content (AvgIpc) is 2.78. The largest absolute Gasteiger partial charge is 1.00 e. The zero-order chi connectivity index (χ0) is 21.3. The van der Waals surface area contributed by atoms with Gasteiger partial charge in [0.25, 0.3) is 0 Å². The van der Waals surface area contributed by atoms with Crippen molar-refractivity contribution >= 4 is 17.7 Å². The Morgan fingerprint density at radius 1 is 0.967 bits per heavy atom. The van der Waals surface area contributed by atoms with Gasteiger partial charge in [0.15, 0.2) is 4.75 Å². The highest BCUT2D eigenvalue weighted by atomic mass is 127. The predicted molar refractivity (Wildman–Crippen MR) is 121 cm³/mol. The van der Waals surface area contributed by atoms with Crippen LogP contribution >= 0.6 is 11.8 Å². The normalized spacial score (nSPS) is 13.1. The van der Waals surface area contributed by atoms with Crippen LogP contribution in [0, 0.1) is 0 Å². The van der Waals surface area contributed by atoms with E-state index in [-0.39, 0.29) is 29.9 Å². The van der Waals surface area contributed by atoms with Gasteiger partial charge in [0.2, 0.25) is 0 Å². The first kappa shape index (κ1) is 26.8. The van der Waals surface area contributed by atoms with Crippen molar-refractivity contribution in [1.82, 2.24) is 0 Å². The number of thioether (sulfide) groups is 1. The van der Waals surface area contributed by atoms with Crippen LogP contribution in [0.2, 0.25) is 0 Å². The van der Waals surface area contributed by atoms with Gasteiger partial charge in [-0.15, -0.1) is 11.8 Å². The maximum atomic E-state index is 13.6. The van der Waals surface area contributed by atoms with Gasteiger partial charge in [-0.2, -0.15) is 0 Å². The molecule has 2 aromatic rings. The number of halogens is 1. The van der Waals surface area contributed by atoms with Crippen molar-refractivity contribution in [3.05, 3.63) is 65.7 Å². The van der Waals surface area contributed by atoms with Crippen LogP contribution in [0.5, 0.6) is 5.75 Å². The van der Waals surface area contributed by atoms with Gasteiger partial charge >= 0.3 is 5.97 Å². The summed E-state index contributed by atoms with van der Waals surface area (Å²) < 4.78 is 11.2. The van der Waals surface area contributed by atoms with E-state index in [1.165, 1.54) is 0 Å². The van der Waals surface area contributed by atoms with Gasteiger partial charge in [-0.05, 0) is 42.9 Å². The van der Waals surface area contributed by atoms with Crippen LogP contribution in [0.1, 0.15) is 31.9 Å². The Bertz CT molecular complexity index is 766. The first-order chi connectivity index (χ1) is 14.0. The highest BCUT2D eigenvalue weighted by molar-refractivity contribution is 8.01. The summed E-state index contributed by atoms with van der Waals surface area (Å²) in [7, 11) is 3.84. The molecule has 0 fully saturated rings. The van der Waals surface area contributed by atoms with Crippen molar-refractivity contribution < 1.29 is 42.7 Å². The number of methoxy groups -OCH3 is 1. The lowest BCUT2D eigenvalue weighted by atomic mass is 9.90. The number of hydrogen-bond donors (Lipinski definition) is 0. The van der Waals surface area contributed by atoms with Crippen molar-refractivity contribution in [2.45, 2.75) is 25.5 Å². The third-order valence-corrected chi connectivity index (χ3v) is 7.08. The molecule has 1 atom stereocenters. The number of esters is 1. The standard InChI is InChI=1S/C24H34NO3S.HI/c1-6-25(4,7-2)18-19-28-23(26)24(29-8-3,20-12-10-9-11-13-20)21-14-16-22(27-5)17-15-21;/h9-17H,6-8,18-19H2,1-5H3;1H/q+1;/p-1. The first-order valence-corrected chi connectivity index (χ1v) is 11.3. The Hall–Kier alpha value is -1.25. The number of quaternary nitrogens is 1. The number of benzene rings is 2. The van der Waals surface area contributed by atoms with E-state index >= 15 is 0 Å². The van der Waals surface area contributed by atoms with E-state index in [1.54, 1.807) is 18.9 Å². The number of hydrogen-bond acceptors (Lipinski definition) is 4. The van der Waals surface area contributed by atoms with Gasteiger partial charge in [-0.25, -0.2) is 4.79 Å². The van der Waals surface area contributed by atoms with E-state index in [4.69, 9.17) is 9.47 Å². The monoisotopic (exact) mass is 543 g/mol. The number of rotatable bonds is 11. The Morgan fingerprint density at radius 2 is 1.53 bits per heavy atom. The molecule has 0 spiro atoms. The zero-order valence-electron chi connectivity index (χ0n) is 18.7. The van der Waals surface area contributed by atoms with Gasteiger partial charge in [0.1, 0.15) is 18.9 Å². The van der Waals surface area contributed by atoms with Crippen molar-refractivity contribution in [3.8, 4) is 5.75 Å². The highest BCUT2D eigenvalue weighted by Crippen LogP contribution is 2.44. The molecule has 0 aliphatic heterocycles. The number of nitrogens with zero attached hydrogens (tertiary/aromatic N) is 1. The highest BCUT2D eigenvalue weighted by Gasteiger charge is 2.44. The first-order valence-electron chi connectivity index (χ1n) is 10.3. The molecular formula is C24H34INO3S. The van der Waals surface area contributed by atoms with Crippen LogP contribution in [0.15, 0.2) is 54.6 Å². The summed E-state index contributed by atoms with van der Waals surface area (Å²) in [5, 5.41) is 0. The Kier molecular flexibility index (Phi) is 11.2. The van der Waals surface area contributed by atoms with Gasteiger partial charge in [0.05, 0.1) is 27.2 Å². The Labute approximate surface area is 202 Å². The van der Waals surface area contributed by atoms with Gasteiger partial charge < -0.3 is 37.9 Å². The second-order valence-corrected chi connectivity index (χ2v) is 8.80. The van der Waals surface area contributed by atoms with E-state index in [0.29, 0.717) is 6.61 Å². The maximum Gasteiger partial charge on any atom is 0.331 e.